The molecule has 0 unspecified atom stereocenters. The molecule has 2 heterocycles. The number of nitrogens with zero attached hydrogens (tertiary/aromatic N) is 2. The molecule has 20 heavy (non-hydrogen) atoms. The van der Waals surface area contributed by atoms with Gasteiger partial charge in [-0.2, -0.15) is 4.98 Å². The standard InChI is InChI=1S/C14H14N4O2/c1-2-3-4-5-13-16-14(18-17-13)15-10-6-7-11-12(8-10)20-9-19-11/h1,6-8H,3-5,9H2,(H2,15,16,17,18). The molecule has 0 radical (unpaired) electrons. The van der Waals surface area contributed by atoms with E-state index in [0.717, 1.165) is 42.3 Å². The van der Waals surface area contributed by atoms with Crippen molar-refractivity contribution in [2.75, 3.05) is 12.1 Å². The molecule has 0 fully saturated rings. The van der Waals surface area contributed by atoms with Gasteiger partial charge in [-0.1, -0.05) is 0 Å². The van der Waals surface area contributed by atoms with Crippen molar-refractivity contribution in [1.82, 2.24) is 15.2 Å². The summed E-state index contributed by atoms with van der Waals surface area (Å²) in [7, 11) is 0. The summed E-state index contributed by atoms with van der Waals surface area (Å²) in [6.45, 7) is 0.263. The van der Waals surface area contributed by atoms with Gasteiger partial charge >= 0.3 is 0 Å². The van der Waals surface area contributed by atoms with Gasteiger partial charge in [-0.25, -0.2) is 0 Å². The van der Waals surface area contributed by atoms with Crippen molar-refractivity contribution in [1.29, 1.82) is 0 Å². The van der Waals surface area contributed by atoms with Gasteiger partial charge in [0.2, 0.25) is 12.7 Å². The highest BCUT2D eigenvalue weighted by Crippen LogP contribution is 2.34. The molecule has 2 aromatic rings. The molecule has 0 spiro atoms. The molecule has 6 heteroatoms. The lowest BCUT2D eigenvalue weighted by atomic mass is 10.2. The molecule has 3 rings (SSSR count). The van der Waals surface area contributed by atoms with Crippen LogP contribution in [0.2, 0.25) is 0 Å². The van der Waals surface area contributed by atoms with Crippen LogP contribution >= 0.6 is 0 Å². The number of rotatable bonds is 5. The van der Waals surface area contributed by atoms with Crippen LogP contribution in [0.4, 0.5) is 11.6 Å². The number of terminal acetylenes is 1. The van der Waals surface area contributed by atoms with Crippen molar-refractivity contribution in [3.63, 3.8) is 0 Å². The number of hydrogen-bond donors (Lipinski definition) is 2. The molecule has 2 N–H and O–H groups in total. The third-order valence-electron chi connectivity index (χ3n) is 2.90. The van der Waals surface area contributed by atoms with E-state index in [9.17, 15) is 0 Å². The normalized spacial score (nSPS) is 12.2. The van der Waals surface area contributed by atoms with Crippen molar-refractivity contribution in [3.05, 3.63) is 24.0 Å². The summed E-state index contributed by atoms with van der Waals surface area (Å²) in [4.78, 5) is 4.35. The zero-order valence-corrected chi connectivity index (χ0v) is 10.8. The molecular formula is C14H14N4O2. The van der Waals surface area contributed by atoms with Crippen LogP contribution in [0.5, 0.6) is 11.5 Å². The summed E-state index contributed by atoms with van der Waals surface area (Å²) in [5.74, 6) is 5.43. The molecule has 6 nitrogen and oxygen atoms in total. The molecule has 1 aromatic heterocycles. The first kappa shape index (κ1) is 12.4. The van der Waals surface area contributed by atoms with Crippen molar-refractivity contribution in [2.24, 2.45) is 0 Å². The summed E-state index contributed by atoms with van der Waals surface area (Å²) in [5.41, 5.74) is 0.850. The van der Waals surface area contributed by atoms with Gasteiger partial charge < -0.3 is 14.8 Å². The molecule has 0 saturated heterocycles. The number of benzene rings is 1. The second-order valence-electron chi connectivity index (χ2n) is 4.36. The van der Waals surface area contributed by atoms with Crippen LogP contribution in [0.1, 0.15) is 18.7 Å². The van der Waals surface area contributed by atoms with E-state index >= 15 is 0 Å². The molecule has 0 atom stereocenters. The maximum Gasteiger partial charge on any atom is 0.246 e. The maximum atomic E-state index is 5.32. The Morgan fingerprint density at radius 3 is 3.15 bits per heavy atom. The molecule has 102 valence electrons. The van der Waals surface area contributed by atoms with E-state index in [4.69, 9.17) is 15.9 Å². The van der Waals surface area contributed by atoms with Gasteiger partial charge in [-0.05, 0) is 18.6 Å². The monoisotopic (exact) mass is 270 g/mol. The van der Waals surface area contributed by atoms with Gasteiger partial charge in [0.25, 0.3) is 0 Å². The predicted octanol–water partition coefficient (Wildman–Crippen LogP) is 2.23. The number of ether oxygens (including phenoxy) is 2. The Morgan fingerprint density at radius 1 is 1.35 bits per heavy atom. The van der Waals surface area contributed by atoms with Crippen LogP contribution in [-0.4, -0.2) is 22.0 Å². The predicted molar refractivity (Wildman–Crippen MR) is 74.0 cm³/mol. The fourth-order valence-electron chi connectivity index (χ4n) is 1.92. The second-order valence-corrected chi connectivity index (χ2v) is 4.36. The number of nitrogens with one attached hydrogen (secondary N) is 2. The highest BCUT2D eigenvalue weighted by atomic mass is 16.7. The number of aromatic amines is 1. The third-order valence-corrected chi connectivity index (χ3v) is 2.90. The molecule has 0 aliphatic carbocycles. The van der Waals surface area contributed by atoms with Crippen LogP contribution in [0.3, 0.4) is 0 Å². The average Bonchev–Trinajstić information content (AvgIpc) is 3.08. The number of H-pyrrole nitrogens is 1. The third kappa shape index (κ3) is 2.67. The summed E-state index contributed by atoms with van der Waals surface area (Å²) >= 11 is 0. The van der Waals surface area contributed by atoms with E-state index in [2.05, 4.69) is 26.4 Å². The summed E-state index contributed by atoms with van der Waals surface area (Å²) in [6.07, 6.45) is 7.65. The van der Waals surface area contributed by atoms with Crippen molar-refractivity contribution >= 4 is 11.6 Å². The van der Waals surface area contributed by atoms with E-state index in [-0.39, 0.29) is 6.79 Å². The van der Waals surface area contributed by atoms with Gasteiger partial charge in [0.05, 0.1) is 0 Å². The zero-order chi connectivity index (χ0) is 13.8. The largest absolute Gasteiger partial charge is 0.454 e. The Balaban J connectivity index is 1.64. The zero-order valence-electron chi connectivity index (χ0n) is 10.8. The van der Waals surface area contributed by atoms with E-state index in [1.165, 1.54) is 0 Å². The highest BCUT2D eigenvalue weighted by Gasteiger charge is 2.13. The van der Waals surface area contributed by atoms with Gasteiger partial charge in [-0.3, -0.25) is 5.10 Å². The maximum absolute atomic E-state index is 5.32. The quantitative estimate of drug-likeness (QED) is 0.644. The fourth-order valence-corrected chi connectivity index (χ4v) is 1.92. The number of unbranched alkanes of at least 4 members (excludes halogenated alkanes) is 1. The van der Waals surface area contributed by atoms with E-state index in [1.54, 1.807) is 0 Å². The highest BCUT2D eigenvalue weighted by molar-refractivity contribution is 5.60. The first-order valence-electron chi connectivity index (χ1n) is 6.36. The minimum atomic E-state index is 0.263. The smallest absolute Gasteiger partial charge is 0.246 e. The molecule has 0 saturated carbocycles. The minimum Gasteiger partial charge on any atom is -0.454 e. The molecule has 1 aliphatic heterocycles. The minimum absolute atomic E-state index is 0.263. The summed E-state index contributed by atoms with van der Waals surface area (Å²) < 4.78 is 10.6. The Hall–Kier alpha value is -2.68. The summed E-state index contributed by atoms with van der Waals surface area (Å²) in [6, 6.07) is 5.60. The van der Waals surface area contributed by atoms with Crippen molar-refractivity contribution < 1.29 is 9.47 Å². The number of aryl methyl sites for hydroxylation is 1. The van der Waals surface area contributed by atoms with Gasteiger partial charge in [-0.15, -0.1) is 17.4 Å². The van der Waals surface area contributed by atoms with Gasteiger partial charge in [0.15, 0.2) is 11.5 Å². The number of anilines is 2. The SMILES string of the molecule is C#CCCCc1nc(Nc2ccc3c(c2)OCO3)n[nH]1. The van der Waals surface area contributed by atoms with Crippen LogP contribution in [0, 0.1) is 12.3 Å². The van der Waals surface area contributed by atoms with Crippen LogP contribution in [0.25, 0.3) is 0 Å². The molecule has 0 bridgehead atoms. The molecular weight excluding hydrogens is 256 g/mol. The molecule has 1 aromatic carbocycles. The van der Waals surface area contributed by atoms with E-state index < -0.39 is 0 Å². The van der Waals surface area contributed by atoms with Gasteiger partial charge in [0.1, 0.15) is 5.82 Å². The first-order valence-corrected chi connectivity index (χ1v) is 6.36. The average molecular weight is 270 g/mol. The van der Waals surface area contributed by atoms with Crippen LogP contribution in [0.15, 0.2) is 18.2 Å². The Morgan fingerprint density at radius 2 is 2.25 bits per heavy atom. The Kier molecular flexibility index (Phi) is 3.42. The lowest BCUT2D eigenvalue weighted by Crippen LogP contribution is -1.93. The Labute approximate surface area is 116 Å². The van der Waals surface area contributed by atoms with Gasteiger partial charge in [0, 0.05) is 24.6 Å². The number of hydrogen-bond acceptors (Lipinski definition) is 5. The first-order chi connectivity index (χ1) is 9.85. The lowest BCUT2D eigenvalue weighted by Gasteiger charge is -2.02. The van der Waals surface area contributed by atoms with E-state index in [0.29, 0.717) is 5.95 Å². The topological polar surface area (TPSA) is 72.1 Å². The van der Waals surface area contributed by atoms with Crippen LogP contribution < -0.4 is 14.8 Å². The summed E-state index contributed by atoms with van der Waals surface area (Å²) in [5, 5.41) is 10.1. The molecule has 1 aliphatic rings. The number of aromatic nitrogens is 3. The Bertz CT molecular complexity index is 645. The lowest BCUT2D eigenvalue weighted by molar-refractivity contribution is 0.174. The molecule has 0 amide bonds. The second kappa shape index (κ2) is 5.53. The van der Waals surface area contributed by atoms with E-state index in [1.807, 2.05) is 18.2 Å². The van der Waals surface area contributed by atoms with Crippen molar-refractivity contribution in [3.8, 4) is 23.8 Å². The number of fused-ring (bicyclic) bond motifs is 1. The fraction of sp³-hybridized carbons (Fsp3) is 0.286. The van der Waals surface area contributed by atoms with Crippen LogP contribution in [-0.2, 0) is 6.42 Å². The van der Waals surface area contributed by atoms with Crippen molar-refractivity contribution in [2.45, 2.75) is 19.3 Å².